The van der Waals surface area contributed by atoms with Gasteiger partial charge in [-0.15, -0.1) is 0 Å². The summed E-state index contributed by atoms with van der Waals surface area (Å²) in [6.45, 7) is 2.53. The second-order valence-electron chi connectivity index (χ2n) is 7.76. The number of fused-ring (bicyclic) bond motifs is 1. The second kappa shape index (κ2) is 7.25. The van der Waals surface area contributed by atoms with E-state index in [2.05, 4.69) is 116 Å². The van der Waals surface area contributed by atoms with E-state index in [1.54, 1.807) is 5.20 Å². The largest absolute Gasteiger partial charge is 0.0803 e. The molecule has 3 aromatic carbocycles. The SMILES string of the molecule is C[SiH](C1=C(c2ccccc2)c2ccccc2C1c1ccccc1)C1C=CC=C1. The monoisotopic (exact) mass is 376 g/mol. The lowest BCUT2D eigenvalue weighted by atomic mass is 9.93. The van der Waals surface area contributed by atoms with Crippen molar-refractivity contribution in [1.82, 2.24) is 0 Å². The molecule has 0 nitrogen and oxygen atoms in total. The first-order valence-corrected chi connectivity index (χ1v) is 12.5. The highest BCUT2D eigenvalue weighted by Crippen LogP contribution is 2.50. The van der Waals surface area contributed by atoms with Gasteiger partial charge in [0.2, 0.25) is 0 Å². The van der Waals surface area contributed by atoms with Gasteiger partial charge in [-0.1, -0.05) is 121 Å². The highest BCUT2D eigenvalue weighted by Gasteiger charge is 2.37. The number of hydrogen-bond donors (Lipinski definition) is 0. The van der Waals surface area contributed by atoms with E-state index >= 15 is 0 Å². The van der Waals surface area contributed by atoms with Crippen molar-refractivity contribution in [2.75, 3.05) is 0 Å². The molecule has 0 bridgehead atoms. The molecular weight excluding hydrogens is 352 g/mol. The van der Waals surface area contributed by atoms with Gasteiger partial charge in [0.25, 0.3) is 0 Å². The third kappa shape index (κ3) is 2.83. The summed E-state index contributed by atoms with van der Waals surface area (Å²) in [6.07, 6.45) is 9.24. The van der Waals surface area contributed by atoms with Gasteiger partial charge < -0.3 is 0 Å². The normalized spacial score (nSPS) is 19.2. The van der Waals surface area contributed by atoms with E-state index in [0.29, 0.717) is 11.5 Å². The average Bonchev–Trinajstić information content (AvgIpc) is 3.41. The minimum absolute atomic E-state index is 0.372. The molecule has 0 radical (unpaired) electrons. The Hall–Kier alpha value is -2.90. The lowest BCUT2D eigenvalue weighted by Crippen LogP contribution is -2.21. The zero-order valence-corrected chi connectivity index (χ0v) is 17.3. The maximum atomic E-state index is 2.53. The van der Waals surface area contributed by atoms with Crippen LogP contribution in [0.2, 0.25) is 12.1 Å². The van der Waals surface area contributed by atoms with Crippen molar-refractivity contribution in [3.63, 3.8) is 0 Å². The van der Waals surface area contributed by atoms with Crippen LogP contribution in [0.1, 0.15) is 28.2 Å². The summed E-state index contributed by atoms with van der Waals surface area (Å²) in [6, 6.07) is 31.1. The summed E-state index contributed by atoms with van der Waals surface area (Å²) in [5.74, 6) is 0.372. The third-order valence-corrected chi connectivity index (χ3v) is 9.38. The van der Waals surface area contributed by atoms with Crippen LogP contribution in [0.5, 0.6) is 0 Å². The fraction of sp³-hybridized carbons (Fsp3) is 0.111. The average molecular weight is 377 g/mol. The van der Waals surface area contributed by atoms with Crippen molar-refractivity contribution in [3.8, 4) is 0 Å². The Balaban J connectivity index is 1.78. The van der Waals surface area contributed by atoms with Crippen molar-refractivity contribution in [3.05, 3.63) is 137 Å². The van der Waals surface area contributed by atoms with Gasteiger partial charge in [-0.2, -0.15) is 0 Å². The molecule has 0 aliphatic heterocycles. The molecule has 2 atom stereocenters. The van der Waals surface area contributed by atoms with Crippen molar-refractivity contribution >= 4 is 14.4 Å². The molecule has 0 saturated heterocycles. The molecule has 0 amide bonds. The van der Waals surface area contributed by atoms with Gasteiger partial charge in [-0.3, -0.25) is 0 Å². The van der Waals surface area contributed by atoms with Crippen molar-refractivity contribution in [2.45, 2.75) is 18.0 Å². The Morgan fingerprint density at radius 2 is 1.29 bits per heavy atom. The number of allylic oxidation sites excluding steroid dienone is 5. The van der Waals surface area contributed by atoms with E-state index in [1.165, 1.54) is 27.8 Å². The van der Waals surface area contributed by atoms with E-state index in [1.807, 2.05) is 0 Å². The summed E-state index contributed by atoms with van der Waals surface area (Å²) >= 11 is 0. The molecule has 0 aromatic heterocycles. The first-order valence-electron chi connectivity index (χ1n) is 10.1. The van der Waals surface area contributed by atoms with Crippen LogP contribution >= 0.6 is 0 Å². The lowest BCUT2D eigenvalue weighted by molar-refractivity contribution is 1.02. The molecule has 2 aliphatic rings. The minimum Gasteiger partial charge on any atom is -0.0803 e. The zero-order valence-electron chi connectivity index (χ0n) is 16.1. The Labute approximate surface area is 169 Å². The zero-order chi connectivity index (χ0) is 18.9. The van der Waals surface area contributed by atoms with E-state index in [4.69, 9.17) is 0 Å². The van der Waals surface area contributed by atoms with Gasteiger partial charge in [0, 0.05) is 5.92 Å². The first-order chi connectivity index (χ1) is 13.8. The predicted octanol–water partition coefficient (Wildman–Crippen LogP) is 6.53. The van der Waals surface area contributed by atoms with E-state index in [0.717, 1.165) is 0 Å². The Kier molecular flexibility index (Phi) is 4.46. The molecule has 0 fully saturated rings. The maximum Gasteiger partial charge on any atom is 0.0756 e. The fourth-order valence-electron chi connectivity index (χ4n) is 4.86. The molecule has 0 N–H and O–H groups in total. The summed E-state index contributed by atoms with van der Waals surface area (Å²) in [5, 5.41) is 1.68. The molecule has 1 heteroatoms. The molecule has 0 heterocycles. The van der Waals surface area contributed by atoms with Crippen molar-refractivity contribution in [1.29, 1.82) is 0 Å². The Morgan fingerprint density at radius 3 is 2.00 bits per heavy atom. The van der Waals surface area contributed by atoms with Crippen LogP contribution in [0.4, 0.5) is 0 Å². The van der Waals surface area contributed by atoms with E-state index in [-0.39, 0.29) is 0 Å². The summed E-state index contributed by atoms with van der Waals surface area (Å²) < 4.78 is 0. The highest BCUT2D eigenvalue weighted by molar-refractivity contribution is 6.70. The molecule has 136 valence electrons. The van der Waals surface area contributed by atoms with Crippen LogP contribution in [0, 0.1) is 0 Å². The van der Waals surface area contributed by atoms with Crippen molar-refractivity contribution < 1.29 is 0 Å². The van der Waals surface area contributed by atoms with Crippen LogP contribution in [0.15, 0.2) is 114 Å². The predicted molar refractivity (Wildman–Crippen MR) is 122 cm³/mol. The molecule has 28 heavy (non-hydrogen) atoms. The standard InChI is InChI=1S/C27H24Si/c1-28(22-16-8-9-17-22)27-25(20-12-4-2-5-13-20)23-18-10-11-19-24(23)26(27)21-14-6-3-7-15-21/h2-19,22,25,28H,1H3. The van der Waals surface area contributed by atoms with E-state index in [9.17, 15) is 0 Å². The fourth-order valence-corrected chi connectivity index (χ4v) is 7.87. The van der Waals surface area contributed by atoms with Crippen LogP contribution in [0.25, 0.3) is 5.57 Å². The second-order valence-corrected chi connectivity index (χ2v) is 10.7. The Bertz CT molecular complexity index is 1060. The molecule has 5 rings (SSSR count). The molecule has 0 spiro atoms. The third-order valence-electron chi connectivity index (χ3n) is 6.18. The summed E-state index contributed by atoms with van der Waals surface area (Å²) in [4.78, 5) is 0. The maximum absolute atomic E-state index is 2.53. The smallest absolute Gasteiger partial charge is 0.0756 e. The van der Waals surface area contributed by atoms with Crippen LogP contribution in [-0.4, -0.2) is 8.80 Å². The van der Waals surface area contributed by atoms with Gasteiger partial charge >= 0.3 is 0 Å². The minimum atomic E-state index is -1.24. The van der Waals surface area contributed by atoms with Crippen LogP contribution in [0.3, 0.4) is 0 Å². The molecule has 3 aromatic rings. The number of hydrogen-bond acceptors (Lipinski definition) is 0. The Morgan fingerprint density at radius 1 is 0.679 bits per heavy atom. The van der Waals surface area contributed by atoms with Crippen LogP contribution < -0.4 is 0 Å². The summed E-state index contributed by atoms with van der Waals surface area (Å²) in [7, 11) is -1.24. The number of rotatable bonds is 4. The molecule has 2 unspecified atom stereocenters. The van der Waals surface area contributed by atoms with Gasteiger partial charge in [-0.05, 0) is 33.4 Å². The molecule has 0 saturated carbocycles. The van der Waals surface area contributed by atoms with E-state index < -0.39 is 8.80 Å². The molecule has 2 aliphatic carbocycles. The lowest BCUT2D eigenvalue weighted by Gasteiger charge is -2.25. The van der Waals surface area contributed by atoms with Gasteiger partial charge in [0.05, 0.1) is 8.80 Å². The highest BCUT2D eigenvalue weighted by atomic mass is 28.3. The first kappa shape index (κ1) is 17.2. The summed E-state index contributed by atoms with van der Waals surface area (Å²) in [5.41, 5.74) is 7.73. The quantitative estimate of drug-likeness (QED) is 0.454. The van der Waals surface area contributed by atoms with Crippen LogP contribution in [-0.2, 0) is 0 Å². The van der Waals surface area contributed by atoms with Crippen molar-refractivity contribution in [2.24, 2.45) is 0 Å². The van der Waals surface area contributed by atoms with Gasteiger partial charge in [-0.25, -0.2) is 0 Å². The molecular formula is C27H24Si. The number of benzene rings is 3. The topological polar surface area (TPSA) is 0 Å². The van der Waals surface area contributed by atoms with Gasteiger partial charge in [0.1, 0.15) is 0 Å². The van der Waals surface area contributed by atoms with Gasteiger partial charge in [0.15, 0.2) is 0 Å².